The zero-order chi connectivity index (χ0) is 17.0. The maximum Gasteiger partial charge on any atom is 0.265 e. The predicted molar refractivity (Wildman–Crippen MR) is 86.6 cm³/mol. The molecule has 2 aromatic rings. The number of halogens is 2. The minimum atomic E-state index is -0.822. The van der Waals surface area contributed by atoms with Gasteiger partial charge in [0.2, 0.25) is 0 Å². The fraction of sp³-hybridized carbons (Fsp3) is 0.176. The van der Waals surface area contributed by atoms with Gasteiger partial charge >= 0.3 is 0 Å². The maximum absolute atomic E-state index is 13.1. The summed E-state index contributed by atoms with van der Waals surface area (Å²) in [5, 5.41) is 2.58. The van der Waals surface area contributed by atoms with Gasteiger partial charge in [-0.3, -0.25) is 9.59 Å². The SMILES string of the molecule is CC(=O)c1cccc(NC(=O)[C@@H](C)Oc2ccc(F)c(Cl)c2)c1. The highest BCUT2D eigenvalue weighted by Crippen LogP contribution is 2.22. The van der Waals surface area contributed by atoms with Crippen molar-refractivity contribution in [2.45, 2.75) is 20.0 Å². The summed E-state index contributed by atoms with van der Waals surface area (Å²) in [5.74, 6) is -0.758. The van der Waals surface area contributed by atoms with Crippen LogP contribution in [0.15, 0.2) is 42.5 Å². The van der Waals surface area contributed by atoms with Crippen LogP contribution in [0.25, 0.3) is 0 Å². The van der Waals surface area contributed by atoms with Crippen LogP contribution in [-0.4, -0.2) is 17.8 Å². The van der Waals surface area contributed by atoms with Crippen LogP contribution in [0.3, 0.4) is 0 Å². The summed E-state index contributed by atoms with van der Waals surface area (Å²) in [7, 11) is 0. The molecule has 0 heterocycles. The van der Waals surface area contributed by atoms with Crippen molar-refractivity contribution in [3.8, 4) is 5.75 Å². The Hall–Kier alpha value is -2.40. The van der Waals surface area contributed by atoms with Crippen LogP contribution in [0.1, 0.15) is 24.2 Å². The number of hydrogen-bond acceptors (Lipinski definition) is 3. The first-order valence-corrected chi connectivity index (χ1v) is 7.28. The van der Waals surface area contributed by atoms with E-state index in [0.717, 1.165) is 0 Å². The van der Waals surface area contributed by atoms with E-state index < -0.39 is 17.8 Å². The van der Waals surface area contributed by atoms with Crippen molar-refractivity contribution >= 4 is 29.0 Å². The second-order valence-corrected chi connectivity index (χ2v) is 5.37. The Kier molecular flexibility index (Phi) is 5.34. The second kappa shape index (κ2) is 7.24. The van der Waals surface area contributed by atoms with Crippen molar-refractivity contribution < 1.29 is 18.7 Å². The molecular formula is C17H15ClFNO3. The Labute approximate surface area is 138 Å². The topological polar surface area (TPSA) is 55.4 Å². The van der Waals surface area contributed by atoms with Crippen molar-refractivity contribution in [2.24, 2.45) is 0 Å². The van der Waals surface area contributed by atoms with Gasteiger partial charge in [0.25, 0.3) is 5.91 Å². The van der Waals surface area contributed by atoms with Gasteiger partial charge in [-0.1, -0.05) is 23.7 Å². The molecule has 0 radical (unpaired) electrons. The Balaban J connectivity index is 2.03. The normalized spacial score (nSPS) is 11.7. The van der Waals surface area contributed by atoms with E-state index in [4.69, 9.17) is 16.3 Å². The van der Waals surface area contributed by atoms with Crippen LogP contribution >= 0.6 is 11.6 Å². The molecule has 1 atom stereocenters. The number of ketones is 1. The smallest absolute Gasteiger partial charge is 0.265 e. The van der Waals surface area contributed by atoms with Crippen LogP contribution < -0.4 is 10.1 Å². The summed E-state index contributed by atoms with van der Waals surface area (Å²) in [6, 6.07) is 10.5. The lowest BCUT2D eigenvalue weighted by Gasteiger charge is -2.15. The van der Waals surface area contributed by atoms with Gasteiger partial charge in [0.05, 0.1) is 5.02 Å². The monoisotopic (exact) mass is 335 g/mol. The lowest BCUT2D eigenvalue weighted by atomic mass is 10.1. The average molecular weight is 336 g/mol. The highest BCUT2D eigenvalue weighted by Gasteiger charge is 2.16. The van der Waals surface area contributed by atoms with Gasteiger partial charge in [-0.05, 0) is 38.1 Å². The molecule has 2 rings (SSSR count). The molecule has 0 aliphatic rings. The molecule has 0 saturated carbocycles. The van der Waals surface area contributed by atoms with E-state index in [9.17, 15) is 14.0 Å². The lowest BCUT2D eigenvalue weighted by Crippen LogP contribution is -2.30. The molecule has 1 amide bonds. The summed E-state index contributed by atoms with van der Waals surface area (Å²) >= 11 is 5.67. The second-order valence-electron chi connectivity index (χ2n) is 4.96. The van der Waals surface area contributed by atoms with Crippen molar-refractivity contribution in [3.05, 3.63) is 58.9 Å². The summed E-state index contributed by atoms with van der Waals surface area (Å²) < 4.78 is 18.5. The Morgan fingerprint density at radius 3 is 2.61 bits per heavy atom. The number of rotatable bonds is 5. The van der Waals surface area contributed by atoms with Gasteiger partial charge < -0.3 is 10.1 Å². The number of carbonyl (C=O) groups is 2. The van der Waals surface area contributed by atoms with Gasteiger partial charge in [0.1, 0.15) is 11.6 Å². The van der Waals surface area contributed by atoms with Crippen LogP contribution in [-0.2, 0) is 4.79 Å². The number of carbonyl (C=O) groups excluding carboxylic acids is 2. The maximum atomic E-state index is 13.1. The molecule has 0 bridgehead atoms. The Morgan fingerprint density at radius 2 is 1.96 bits per heavy atom. The lowest BCUT2D eigenvalue weighted by molar-refractivity contribution is -0.122. The molecule has 0 aromatic heterocycles. The Morgan fingerprint density at radius 1 is 1.22 bits per heavy atom. The minimum absolute atomic E-state index is 0.0794. The molecular weight excluding hydrogens is 321 g/mol. The standard InChI is InChI=1S/C17H15ClFNO3/c1-10(21)12-4-3-5-13(8-12)20-17(22)11(2)23-14-6-7-16(19)15(18)9-14/h3-9,11H,1-2H3,(H,20,22)/t11-/m1/s1. The van der Waals surface area contributed by atoms with Crippen molar-refractivity contribution in [1.82, 2.24) is 0 Å². The molecule has 0 spiro atoms. The quantitative estimate of drug-likeness (QED) is 0.837. The fourth-order valence-corrected chi connectivity index (χ4v) is 2.04. The highest BCUT2D eigenvalue weighted by molar-refractivity contribution is 6.30. The molecule has 0 saturated heterocycles. The molecule has 4 nitrogen and oxygen atoms in total. The van der Waals surface area contributed by atoms with Crippen molar-refractivity contribution in [2.75, 3.05) is 5.32 Å². The number of Topliss-reactive ketones (excluding diaryl/α,β-unsaturated/α-hetero) is 1. The van der Waals surface area contributed by atoms with Crippen LogP contribution in [0, 0.1) is 5.82 Å². The summed E-state index contributed by atoms with van der Waals surface area (Å²) in [4.78, 5) is 23.5. The molecule has 0 aliphatic carbocycles. The first kappa shape index (κ1) is 17.0. The largest absolute Gasteiger partial charge is 0.481 e. The zero-order valence-corrected chi connectivity index (χ0v) is 13.4. The van der Waals surface area contributed by atoms with Gasteiger partial charge in [-0.25, -0.2) is 4.39 Å². The van der Waals surface area contributed by atoms with E-state index >= 15 is 0 Å². The molecule has 0 fully saturated rings. The molecule has 0 aliphatic heterocycles. The van der Waals surface area contributed by atoms with E-state index in [2.05, 4.69) is 5.32 Å². The van der Waals surface area contributed by atoms with Gasteiger partial charge in [0, 0.05) is 17.3 Å². The number of ether oxygens (including phenoxy) is 1. The average Bonchev–Trinajstić information content (AvgIpc) is 2.51. The van der Waals surface area contributed by atoms with Crippen LogP contribution in [0.2, 0.25) is 5.02 Å². The Bertz CT molecular complexity index is 748. The van der Waals surface area contributed by atoms with Crippen LogP contribution in [0.4, 0.5) is 10.1 Å². The molecule has 23 heavy (non-hydrogen) atoms. The molecule has 1 N–H and O–H groups in total. The first-order chi connectivity index (χ1) is 10.9. The minimum Gasteiger partial charge on any atom is -0.481 e. The third kappa shape index (κ3) is 4.53. The van der Waals surface area contributed by atoms with Gasteiger partial charge in [-0.15, -0.1) is 0 Å². The molecule has 0 unspecified atom stereocenters. The predicted octanol–water partition coefficient (Wildman–Crippen LogP) is 4.09. The van der Waals surface area contributed by atoms with Crippen molar-refractivity contribution in [3.63, 3.8) is 0 Å². The molecule has 6 heteroatoms. The van der Waals surface area contributed by atoms with E-state index in [1.165, 1.54) is 25.1 Å². The molecule has 120 valence electrons. The van der Waals surface area contributed by atoms with Gasteiger partial charge in [0.15, 0.2) is 11.9 Å². The van der Waals surface area contributed by atoms with E-state index in [0.29, 0.717) is 11.3 Å². The van der Waals surface area contributed by atoms with E-state index in [-0.39, 0.29) is 16.6 Å². The van der Waals surface area contributed by atoms with E-state index in [1.54, 1.807) is 31.2 Å². The summed E-state index contributed by atoms with van der Waals surface area (Å²) in [6.45, 7) is 3.01. The highest BCUT2D eigenvalue weighted by atomic mass is 35.5. The zero-order valence-electron chi connectivity index (χ0n) is 12.6. The number of nitrogens with one attached hydrogen (secondary N) is 1. The molecule has 2 aromatic carbocycles. The van der Waals surface area contributed by atoms with Crippen LogP contribution in [0.5, 0.6) is 5.75 Å². The number of hydrogen-bond donors (Lipinski definition) is 1. The summed E-state index contributed by atoms with van der Waals surface area (Å²) in [5.41, 5.74) is 0.997. The summed E-state index contributed by atoms with van der Waals surface area (Å²) in [6.07, 6.45) is -0.822. The van der Waals surface area contributed by atoms with Crippen molar-refractivity contribution in [1.29, 1.82) is 0 Å². The number of anilines is 1. The third-order valence-electron chi connectivity index (χ3n) is 3.11. The fourth-order valence-electron chi connectivity index (χ4n) is 1.87. The number of benzene rings is 2. The number of amides is 1. The van der Waals surface area contributed by atoms with E-state index in [1.807, 2.05) is 0 Å². The first-order valence-electron chi connectivity index (χ1n) is 6.90. The third-order valence-corrected chi connectivity index (χ3v) is 3.40. The van der Waals surface area contributed by atoms with Gasteiger partial charge in [-0.2, -0.15) is 0 Å².